The van der Waals surface area contributed by atoms with E-state index in [0.29, 0.717) is 10.0 Å². The highest BCUT2D eigenvalue weighted by molar-refractivity contribution is 6.99. The van der Waals surface area contributed by atoms with Crippen LogP contribution >= 0.6 is 23.2 Å². The highest BCUT2D eigenvalue weighted by Crippen LogP contribution is 2.55. The Morgan fingerprint density at radius 1 is 0.882 bits per heavy atom. The van der Waals surface area contributed by atoms with Crippen LogP contribution in [0.3, 0.4) is 0 Å². The van der Waals surface area contributed by atoms with Crippen molar-refractivity contribution in [1.29, 1.82) is 0 Å². The number of halogens is 2. The molecule has 4 aromatic carbocycles. The molecule has 268 valence electrons. The molecule has 0 aromatic heterocycles. The monoisotopic (exact) mass is 743 g/mol. The normalized spacial score (nSPS) is 22.4. The molecule has 0 spiro atoms. The molecular formula is C42H47Cl2NO5Si. The Morgan fingerprint density at radius 2 is 1.47 bits per heavy atom. The fourth-order valence-electron chi connectivity index (χ4n) is 8.46. The van der Waals surface area contributed by atoms with Crippen LogP contribution in [0.5, 0.6) is 0 Å². The minimum Gasteiger partial charge on any atom is -0.481 e. The molecule has 5 atom stereocenters. The van der Waals surface area contributed by atoms with Gasteiger partial charge in [-0.1, -0.05) is 129 Å². The van der Waals surface area contributed by atoms with Gasteiger partial charge in [0, 0.05) is 16.0 Å². The second kappa shape index (κ2) is 14.9. The van der Waals surface area contributed by atoms with Crippen LogP contribution in [0, 0.1) is 17.3 Å². The first-order chi connectivity index (χ1) is 24.3. The number of carboxylic acids is 1. The highest BCUT2D eigenvalue weighted by atomic mass is 35.5. The number of hydrogen-bond acceptors (Lipinski definition) is 4. The van der Waals surface area contributed by atoms with Gasteiger partial charge in [-0.25, -0.2) is 0 Å². The summed E-state index contributed by atoms with van der Waals surface area (Å²) in [4.78, 5) is 30.1. The van der Waals surface area contributed by atoms with Gasteiger partial charge in [-0.05, 0) is 82.9 Å². The molecule has 1 unspecified atom stereocenters. The van der Waals surface area contributed by atoms with Crippen molar-refractivity contribution in [1.82, 2.24) is 4.90 Å². The minimum absolute atomic E-state index is 0.154. The number of rotatable bonds is 12. The number of benzene rings is 4. The lowest BCUT2D eigenvalue weighted by atomic mass is 9.63. The second-order valence-electron chi connectivity index (χ2n) is 15.4. The van der Waals surface area contributed by atoms with Gasteiger partial charge in [0.15, 0.2) is 0 Å². The summed E-state index contributed by atoms with van der Waals surface area (Å²) in [6, 6.07) is 35.2. The number of nitrogens with zero attached hydrogens (tertiary/aromatic N) is 1. The summed E-state index contributed by atoms with van der Waals surface area (Å²) in [5.74, 6) is -2.98. The first-order valence-electron chi connectivity index (χ1n) is 17.7. The quantitative estimate of drug-likeness (QED) is 0.143. The van der Waals surface area contributed by atoms with Crippen molar-refractivity contribution in [2.24, 2.45) is 17.3 Å². The number of carboxylic acid groups (broad SMARTS) is 1. The molecule has 2 N–H and O–H groups in total. The minimum atomic E-state index is -3.00. The molecule has 0 radical (unpaired) electrons. The first kappa shape index (κ1) is 37.3. The second-order valence-corrected chi connectivity index (χ2v) is 20.6. The Balaban J connectivity index is 1.55. The van der Waals surface area contributed by atoms with Crippen LogP contribution < -0.4 is 10.4 Å². The first-order valence-corrected chi connectivity index (χ1v) is 20.4. The standard InChI is InChI=1S/C42H47Cl2NO5Si/c1-41(2,3)51(33-14-7-5-8-15-33,34-16-9-6-10-17-34)50-27-37(28-18-19-28)45-38(29-20-22-31(43)23-21-29)35(30-12-11-13-32(44)24-30)25-42(4,40(45)49)36(26-46)39(47)48/h5-17,20-24,28,35-38,46H,18-19,25-27H2,1-4H3,(H,47,48)/t35-,36?,37-,38-,42-/m1/s1. The largest absolute Gasteiger partial charge is 0.481 e. The number of aliphatic hydroxyl groups excluding tert-OH is 1. The fourth-order valence-corrected chi connectivity index (χ4v) is 13.4. The summed E-state index contributed by atoms with van der Waals surface area (Å²) in [5.41, 5.74) is 0.378. The molecular weight excluding hydrogens is 697 g/mol. The SMILES string of the molecule is CC(C)(C)[Si](OC[C@H](C1CC1)N1C(=O)[C@@](C)(C(CO)C(=O)O)C[C@H](c2cccc(Cl)c2)[C@H]1c1ccc(Cl)cc1)(c1ccccc1)c1ccccc1. The van der Waals surface area contributed by atoms with Crippen molar-refractivity contribution in [3.63, 3.8) is 0 Å². The Labute approximate surface area is 312 Å². The van der Waals surface area contributed by atoms with Gasteiger partial charge in [0.2, 0.25) is 5.91 Å². The average Bonchev–Trinajstić information content (AvgIpc) is 3.95. The van der Waals surface area contributed by atoms with E-state index in [1.165, 1.54) is 0 Å². The van der Waals surface area contributed by atoms with Gasteiger partial charge in [-0.3, -0.25) is 9.59 Å². The summed E-state index contributed by atoms with van der Waals surface area (Å²) in [7, 11) is -3.00. The molecule has 6 nitrogen and oxygen atoms in total. The predicted molar refractivity (Wildman–Crippen MR) is 206 cm³/mol. The zero-order valence-electron chi connectivity index (χ0n) is 29.6. The average molecular weight is 745 g/mol. The molecule has 1 heterocycles. The third-order valence-corrected chi connectivity index (χ3v) is 16.7. The number of likely N-dealkylation sites (tertiary alicyclic amines) is 1. The van der Waals surface area contributed by atoms with E-state index < -0.39 is 38.3 Å². The fraction of sp³-hybridized carbons (Fsp3) is 0.381. The predicted octanol–water partition coefficient (Wildman–Crippen LogP) is 8.11. The molecule has 1 aliphatic carbocycles. The maximum absolute atomic E-state index is 15.3. The van der Waals surface area contributed by atoms with Crippen molar-refractivity contribution >= 4 is 53.8 Å². The van der Waals surface area contributed by atoms with Gasteiger partial charge < -0.3 is 19.5 Å². The van der Waals surface area contributed by atoms with Gasteiger partial charge in [0.25, 0.3) is 8.32 Å². The molecule has 0 bridgehead atoms. The summed E-state index contributed by atoms with van der Waals surface area (Å²) in [6.07, 6.45) is 2.06. The van der Waals surface area contributed by atoms with E-state index >= 15 is 4.79 Å². The van der Waals surface area contributed by atoms with Crippen molar-refractivity contribution in [2.45, 2.75) is 70.0 Å². The maximum Gasteiger partial charge on any atom is 0.309 e. The lowest BCUT2D eigenvalue weighted by molar-refractivity contribution is -0.171. The maximum atomic E-state index is 15.3. The lowest BCUT2D eigenvalue weighted by Crippen LogP contribution is -2.68. The van der Waals surface area contributed by atoms with Gasteiger partial charge in [-0.15, -0.1) is 0 Å². The Morgan fingerprint density at radius 3 is 1.96 bits per heavy atom. The van der Waals surface area contributed by atoms with Crippen molar-refractivity contribution in [2.75, 3.05) is 13.2 Å². The van der Waals surface area contributed by atoms with Crippen LogP contribution in [0.25, 0.3) is 0 Å². The molecule has 1 saturated heterocycles. The van der Waals surface area contributed by atoms with Crippen LogP contribution in [0.4, 0.5) is 0 Å². The van der Waals surface area contributed by atoms with E-state index in [1.807, 2.05) is 65.6 Å². The smallest absolute Gasteiger partial charge is 0.309 e. The van der Waals surface area contributed by atoms with E-state index in [0.717, 1.165) is 34.3 Å². The van der Waals surface area contributed by atoms with Crippen molar-refractivity contribution in [3.05, 3.63) is 130 Å². The number of aliphatic hydroxyl groups is 1. The van der Waals surface area contributed by atoms with E-state index in [-0.39, 0.29) is 41.9 Å². The van der Waals surface area contributed by atoms with Gasteiger partial charge in [0.1, 0.15) is 0 Å². The lowest BCUT2D eigenvalue weighted by Gasteiger charge is -2.54. The van der Waals surface area contributed by atoms with Gasteiger partial charge >= 0.3 is 5.97 Å². The molecule has 2 fully saturated rings. The summed E-state index contributed by atoms with van der Waals surface area (Å²) < 4.78 is 7.53. The molecule has 1 saturated carbocycles. The summed E-state index contributed by atoms with van der Waals surface area (Å²) in [5, 5.41) is 24.1. The molecule has 1 aliphatic heterocycles. The number of piperidine rings is 1. The van der Waals surface area contributed by atoms with Crippen LogP contribution in [0.1, 0.15) is 70.0 Å². The number of carbonyl (C=O) groups excluding carboxylic acids is 1. The third-order valence-electron chi connectivity index (χ3n) is 11.2. The molecule has 4 aromatic rings. The van der Waals surface area contributed by atoms with Gasteiger partial charge in [0.05, 0.1) is 36.6 Å². The Kier molecular flexibility index (Phi) is 10.9. The summed E-state index contributed by atoms with van der Waals surface area (Å²) >= 11 is 13.0. The van der Waals surface area contributed by atoms with Crippen LogP contribution in [0.15, 0.2) is 109 Å². The van der Waals surface area contributed by atoms with Crippen LogP contribution in [0.2, 0.25) is 15.1 Å². The number of carbonyl (C=O) groups is 2. The highest BCUT2D eigenvalue weighted by Gasteiger charge is 2.59. The Hall–Kier alpha value is -3.46. The number of aliphatic carboxylic acids is 1. The van der Waals surface area contributed by atoms with Gasteiger partial charge in [-0.2, -0.15) is 0 Å². The summed E-state index contributed by atoms with van der Waals surface area (Å²) in [6.45, 7) is 8.02. The molecule has 6 rings (SSSR count). The molecule has 1 amide bonds. The topological polar surface area (TPSA) is 87.1 Å². The molecule has 9 heteroatoms. The number of amides is 1. The third kappa shape index (κ3) is 7.16. The zero-order chi connectivity index (χ0) is 36.6. The van der Waals surface area contributed by atoms with E-state index in [4.69, 9.17) is 27.6 Å². The van der Waals surface area contributed by atoms with E-state index in [1.54, 1.807) is 6.92 Å². The van der Waals surface area contributed by atoms with E-state index in [2.05, 4.69) is 69.3 Å². The van der Waals surface area contributed by atoms with Crippen LogP contribution in [-0.2, 0) is 14.0 Å². The van der Waals surface area contributed by atoms with Crippen LogP contribution in [-0.4, -0.2) is 54.6 Å². The van der Waals surface area contributed by atoms with Crippen molar-refractivity contribution in [3.8, 4) is 0 Å². The Bertz CT molecular complexity index is 1790. The zero-order valence-corrected chi connectivity index (χ0v) is 32.1. The number of hydrogen-bond donors (Lipinski definition) is 2. The molecule has 51 heavy (non-hydrogen) atoms. The van der Waals surface area contributed by atoms with Crippen molar-refractivity contribution < 1.29 is 24.2 Å². The van der Waals surface area contributed by atoms with E-state index in [9.17, 15) is 15.0 Å². The molecule has 2 aliphatic rings.